The van der Waals surface area contributed by atoms with Gasteiger partial charge in [0.2, 0.25) is 5.92 Å². The van der Waals surface area contributed by atoms with Crippen molar-refractivity contribution >= 4 is 23.2 Å². The lowest BCUT2D eigenvalue weighted by Crippen LogP contribution is -3.00. The summed E-state index contributed by atoms with van der Waals surface area (Å²) in [7, 11) is 0. The zero-order valence-corrected chi connectivity index (χ0v) is 22.0. The number of esters is 1. The number of fused-ring (bicyclic) bond motifs is 3. The van der Waals surface area contributed by atoms with Crippen LogP contribution in [0.5, 0.6) is 0 Å². The number of piperidine rings is 3. The first-order chi connectivity index (χ1) is 16.6. The van der Waals surface area contributed by atoms with Gasteiger partial charge in [0.05, 0.1) is 18.7 Å². The van der Waals surface area contributed by atoms with Crippen LogP contribution in [0, 0.1) is 11.8 Å². The van der Waals surface area contributed by atoms with Crippen LogP contribution in [0.25, 0.3) is 0 Å². The summed E-state index contributed by atoms with van der Waals surface area (Å²) in [5.41, 5.74) is 4.59. The average molecular weight is 587 g/mol. The van der Waals surface area contributed by atoms with Crippen molar-refractivity contribution < 1.29 is 49.7 Å². The first-order valence-corrected chi connectivity index (χ1v) is 12.8. The molecule has 6 rings (SSSR count). The van der Waals surface area contributed by atoms with E-state index in [1.807, 2.05) is 0 Å². The van der Waals surface area contributed by atoms with Crippen LogP contribution in [0.3, 0.4) is 0 Å². The Bertz CT molecular complexity index is 1090. The molecule has 5 heterocycles. The minimum absolute atomic E-state index is 0. The zero-order chi connectivity index (χ0) is 24.8. The Morgan fingerprint density at radius 1 is 1.25 bits per heavy atom. The van der Waals surface area contributed by atoms with Gasteiger partial charge < -0.3 is 37.0 Å². The van der Waals surface area contributed by atoms with E-state index in [1.54, 1.807) is 29.2 Å². The molecular weight excluding hydrogens is 558 g/mol. The number of aliphatic hydroxyl groups is 1. The number of thiophene rings is 1. The predicted molar refractivity (Wildman–Crippen MR) is 122 cm³/mol. The molecular formula is C24H29BrF2N4O4S. The fraction of sp³-hybridized carbons (Fsp3) is 0.583. The number of ether oxygens (including phenoxy) is 1. The molecule has 0 aromatic carbocycles. The lowest BCUT2D eigenvalue weighted by molar-refractivity contribution is -0.965. The number of primary amides is 1. The Labute approximate surface area is 222 Å². The summed E-state index contributed by atoms with van der Waals surface area (Å²) in [6.45, 7) is 1.72. The molecule has 12 heteroatoms. The van der Waals surface area contributed by atoms with Crippen LogP contribution in [-0.2, 0) is 19.9 Å². The van der Waals surface area contributed by atoms with Crippen LogP contribution in [0.4, 0.5) is 8.78 Å². The highest BCUT2D eigenvalue weighted by Crippen LogP contribution is 2.49. The van der Waals surface area contributed by atoms with Crippen molar-refractivity contribution in [3.63, 3.8) is 0 Å². The fourth-order valence-corrected chi connectivity index (χ4v) is 7.11. The van der Waals surface area contributed by atoms with E-state index in [0.717, 1.165) is 0 Å². The maximum absolute atomic E-state index is 14.1. The molecule has 1 amide bonds. The van der Waals surface area contributed by atoms with Crippen molar-refractivity contribution in [2.75, 3.05) is 19.6 Å². The van der Waals surface area contributed by atoms with Crippen molar-refractivity contribution in [1.82, 2.24) is 9.97 Å². The topological polar surface area (TPSA) is 115 Å². The third kappa shape index (κ3) is 4.68. The molecule has 3 unspecified atom stereocenters. The van der Waals surface area contributed by atoms with Crippen LogP contribution in [0.1, 0.15) is 49.3 Å². The number of hydrogen-bond donors (Lipinski definition) is 2. The smallest absolute Gasteiger partial charge is 0.343 e. The van der Waals surface area contributed by atoms with Crippen molar-refractivity contribution in [2.45, 2.75) is 55.8 Å². The molecule has 4 fully saturated rings. The highest BCUT2D eigenvalue weighted by Gasteiger charge is 2.58. The van der Waals surface area contributed by atoms with Gasteiger partial charge in [0.15, 0.2) is 17.7 Å². The minimum atomic E-state index is -2.92. The number of amides is 1. The van der Waals surface area contributed by atoms with Crippen LogP contribution in [-0.4, -0.2) is 63.1 Å². The molecule has 1 aliphatic carbocycles. The van der Waals surface area contributed by atoms with E-state index in [4.69, 9.17) is 10.5 Å². The molecule has 3 saturated heterocycles. The third-order valence-electron chi connectivity index (χ3n) is 8.20. The van der Waals surface area contributed by atoms with Gasteiger partial charge in [0.1, 0.15) is 12.9 Å². The van der Waals surface area contributed by atoms with Gasteiger partial charge in [0, 0.05) is 55.5 Å². The first kappa shape index (κ1) is 27.0. The van der Waals surface area contributed by atoms with Gasteiger partial charge in [-0.1, -0.05) is 0 Å². The average Bonchev–Trinajstić information content (AvgIpc) is 3.50. The zero-order valence-electron chi connectivity index (χ0n) is 19.6. The number of rotatable bonds is 7. The van der Waals surface area contributed by atoms with Gasteiger partial charge in [-0.05, 0) is 23.2 Å². The number of halogens is 3. The quantitative estimate of drug-likeness (QED) is 0.335. The lowest BCUT2D eigenvalue weighted by Gasteiger charge is -2.54. The molecule has 3 aliphatic heterocycles. The molecule has 8 nitrogen and oxygen atoms in total. The largest absolute Gasteiger partial charge is 1.00 e. The van der Waals surface area contributed by atoms with Crippen molar-refractivity contribution in [2.24, 2.45) is 17.6 Å². The monoisotopic (exact) mass is 586 g/mol. The summed E-state index contributed by atoms with van der Waals surface area (Å²) in [4.78, 5) is 34.2. The molecule has 196 valence electrons. The van der Waals surface area contributed by atoms with Gasteiger partial charge in [-0.25, -0.2) is 23.5 Å². The normalized spacial score (nSPS) is 31.1. The van der Waals surface area contributed by atoms with Crippen molar-refractivity contribution in [3.8, 4) is 0 Å². The van der Waals surface area contributed by atoms with Crippen LogP contribution >= 0.6 is 11.3 Å². The summed E-state index contributed by atoms with van der Waals surface area (Å²) >= 11 is 1.28. The van der Waals surface area contributed by atoms with Gasteiger partial charge in [-0.3, -0.25) is 4.79 Å². The third-order valence-corrected chi connectivity index (χ3v) is 8.88. The number of carbonyl (C=O) groups excluding carboxylic acids is 2. The summed E-state index contributed by atoms with van der Waals surface area (Å²) in [6, 6.07) is 0.897. The van der Waals surface area contributed by atoms with E-state index >= 15 is 0 Å². The summed E-state index contributed by atoms with van der Waals surface area (Å²) < 4.78 is 34.4. The molecule has 2 aromatic rings. The van der Waals surface area contributed by atoms with Crippen LogP contribution in [0.2, 0.25) is 0 Å². The van der Waals surface area contributed by atoms with Gasteiger partial charge >= 0.3 is 5.97 Å². The predicted octanol–water partition coefficient (Wildman–Crippen LogP) is -0.456. The molecule has 0 radical (unpaired) electrons. The number of nitrogens with zero attached hydrogens (tertiary/aromatic N) is 3. The first-order valence-electron chi connectivity index (χ1n) is 11.9. The Morgan fingerprint density at radius 3 is 2.50 bits per heavy atom. The second-order valence-electron chi connectivity index (χ2n) is 10.2. The SMILES string of the molecule is NC(=O)C(c1cncnc1)[N+]12CCC(CC1)[C@@H](OC(=O)C(O)(c1ccsc1)C1CCC(F)(F)C1)C2.[Br-]. The number of hydrogen-bond acceptors (Lipinski definition) is 7. The van der Waals surface area contributed by atoms with Gasteiger partial charge in [-0.2, -0.15) is 11.3 Å². The van der Waals surface area contributed by atoms with E-state index in [9.17, 15) is 23.5 Å². The number of nitrogens with two attached hydrogens (primary N) is 1. The number of quaternary nitrogens is 1. The Kier molecular flexibility index (Phi) is 7.53. The van der Waals surface area contributed by atoms with Gasteiger partial charge in [0.25, 0.3) is 5.91 Å². The number of carbonyl (C=O) groups is 2. The minimum Gasteiger partial charge on any atom is -1.00 e. The maximum atomic E-state index is 14.1. The number of alkyl halides is 2. The van der Waals surface area contributed by atoms with E-state index in [1.165, 1.54) is 17.7 Å². The maximum Gasteiger partial charge on any atom is 0.343 e. The van der Waals surface area contributed by atoms with Crippen LogP contribution in [0.15, 0.2) is 35.5 Å². The summed E-state index contributed by atoms with van der Waals surface area (Å²) in [6.07, 6.45) is 4.49. The van der Waals surface area contributed by atoms with E-state index < -0.39 is 47.9 Å². The highest BCUT2D eigenvalue weighted by atomic mass is 79.9. The van der Waals surface area contributed by atoms with Crippen molar-refractivity contribution in [1.29, 1.82) is 0 Å². The Morgan fingerprint density at radius 2 is 1.94 bits per heavy atom. The molecule has 4 aliphatic rings. The molecule has 0 spiro atoms. The Hall–Kier alpha value is -2.02. The lowest BCUT2D eigenvalue weighted by atomic mass is 9.79. The van der Waals surface area contributed by atoms with Gasteiger partial charge in [-0.15, -0.1) is 0 Å². The molecule has 2 aromatic heterocycles. The summed E-state index contributed by atoms with van der Waals surface area (Å²) in [5.74, 6) is -5.20. The molecule has 1 saturated carbocycles. The molecule has 4 atom stereocenters. The molecule has 3 N–H and O–H groups in total. The van der Waals surface area contributed by atoms with E-state index in [-0.39, 0.29) is 41.3 Å². The standard InChI is InChI=1S/C24H28F2N4O4S.BrH/c25-23(26)5-1-17(9-23)24(33,18-4-8-35-13-18)22(32)34-19-12-30(6-2-15(19)3-7-30)20(21(27)31)16-10-28-14-29-11-16;/h4,8,10-11,13-15,17,19-20,33H,1-3,5-7,9,12H2,(H-,27,31);1H/t15?,17?,19-,20?,24?,30?;/m0./s1. The van der Waals surface area contributed by atoms with E-state index in [2.05, 4.69) is 9.97 Å². The van der Waals surface area contributed by atoms with Crippen LogP contribution < -0.4 is 22.7 Å². The number of aromatic nitrogens is 2. The molecule has 36 heavy (non-hydrogen) atoms. The Balaban J connectivity index is 0.00000304. The van der Waals surface area contributed by atoms with Crippen molar-refractivity contribution in [3.05, 3.63) is 46.7 Å². The highest BCUT2D eigenvalue weighted by molar-refractivity contribution is 7.08. The van der Waals surface area contributed by atoms with E-state index in [0.29, 0.717) is 42.5 Å². The second-order valence-corrected chi connectivity index (χ2v) is 11.0. The fourth-order valence-electron chi connectivity index (χ4n) is 6.40. The summed E-state index contributed by atoms with van der Waals surface area (Å²) in [5, 5.41) is 14.9. The molecule has 2 bridgehead atoms. The second kappa shape index (κ2) is 10.0.